The van der Waals surface area contributed by atoms with Gasteiger partial charge in [-0.1, -0.05) is 0 Å². The van der Waals surface area contributed by atoms with Crippen LogP contribution >= 0.6 is 24.8 Å². The molecule has 25 heavy (non-hydrogen) atoms. The number of rotatable bonds is 5. The van der Waals surface area contributed by atoms with Crippen LogP contribution in [0.5, 0.6) is 0 Å². The summed E-state index contributed by atoms with van der Waals surface area (Å²) < 4.78 is 4.85. The average Bonchev–Trinajstić information content (AvgIpc) is 2.56. The number of hydrogen-bond acceptors (Lipinski definition) is 5. The summed E-state index contributed by atoms with van der Waals surface area (Å²) in [5.41, 5.74) is 6.89. The molecule has 0 aromatic heterocycles. The van der Waals surface area contributed by atoms with E-state index < -0.39 is 6.04 Å². The second-order valence-corrected chi connectivity index (χ2v) is 5.72. The predicted molar refractivity (Wildman–Crippen MR) is 103 cm³/mol. The Morgan fingerprint density at radius 3 is 2.24 bits per heavy atom. The van der Waals surface area contributed by atoms with Crippen LogP contribution in [0, 0.1) is 0 Å². The quantitative estimate of drug-likeness (QED) is 0.774. The molecule has 3 N–H and O–H groups in total. The molecule has 1 fully saturated rings. The summed E-state index contributed by atoms with van der Waals surface area (Å²) in [4.78, 5) is 28.3. The fourth-order valence-electron chi connectivity index (χ4n) is 2.38. The molecule has 1 aliphatic heterocycles. The zero-order valence-electron chi connectivity index (χ0n) is 14.4. The van der Waals surface area contributed by atoms with E-state index in [4.69, 9.17) is 10.5 Å². The Kier molecular flexibility index (Phi) is 10.7. The Balaban J connectivity index is 0.00000288. The molecule has 0 aliphatic carbocycles. The van der Waals surface area contributed by atoms with Crippen molar-refractivity contribution in [3.05, 3.63) is 29.8 Å². The van der Waals surface area contributed by atoms with Crippen LogP contribution in [0.15, 0.2) is 24.3 Å². The minimum atomic E-state index is -0.716. The van der Waals surface area contributed by atoms with Gasteiger partial charge in [0.2, 0.25) is 5.91 Å². The molecule has 0 saturated carbocycles. The second-order valence-electron chi connectivity index (χ2n) is 5.72. The molecule has 2 rings (SSSR count). The van der Waals surface area contributed by atoms with Crippen LogP contribution in [-0.2, 0) is 9.53 Å². The third-order valence-corrected chi connectivity index (χ3v) is 3.87. The Labute approximate surface area is 160 Å². The van der Waals surface area contributed by atoms with Gasteiger partial charge in [0.05, 0.1) is 6.61 Å². The van der Waals surface area contributed by atoms with Crippen LogP contribution in [0.1, 0.15) is 10.4 Å². The van der Waals surface area contributed by atoms with Crippen molar-refractivity contribution >= 4 is 42.3 Å². The Morgan fingerprint density at radius 1 is 1.16 bits per heavy atom. The first-order valence-corrected chi connectivity index (χ1v) is 7.64. The van der Waals surface area contributed by atoms with Crippen molar-refractivity contribution in [3.63, 3.8) is 0 Å². The number of nitrogens with two attached hydrogens (primary N) is 1. The summed E-state index contributed by atoms with van der Waals surface area (Å²) in [6, 6.07) is 6.14. The SMILES string of the molecule is COCC(N)C(=O)Nc1ccc(C(=O)N2CCN(C)CC2)cc1.Cl.Cl. The highest BCUT2D eigenvalue weighted by Gasteiger charge is 2.20. The van der Waals surface area contributed by atoms with Gasteiger partial charge in [0.15, 0.2) is 0 Å². The summed E-state index contributed by atoms with van der Waals surface area (Å²) in [5, 5.41) is 2.70. The number of piperazine rings is 1. The highest BCUT2D eigenvalue weighted by Crippen LogP contribution is 2.13. The molecule has 9 heteroatoms. The molecule has 2 amide bonds. The van der Waals surface area contributed by atoms with E-state index in [1.165, 1.54) is 7.11 Å². The van der Waals surface area contributed by atoms with E-state index in [0.29, 0.717) is 11.3 Å². The lowest BCUT2D eigenvalue weighted by atomic mass is 10.1. The molecule has 0 radical (unpaired) electrons. The summed E-state index contributed by atoms with van der Waals surface area (Å²) in [7, 11) is 3.54. The van der Waals surface area contributed by atoms with Gasteiger partial charge in [0.25, 0.3) is 5.91 Å². The van der Waals surface area contributed by atoms with Gasteiger partial charge >= 0.3 is 0 Å². The number of hydrogen-bond donors (Lipinski definition) is 2. The topological polar surface area (TPSA) is 87.9 Å². The number of likely N-dealkylation sites (N-methyl/N-ethyl adjacent to an activating group) is 1. The van der Waals surface area contributed by atoms with Crippen LogP contribution in [0.4, 0.5) is 5.69 Å². The van der Waals surface area contributed by atoms with Crippen molar-refractivity contribution in [1.29, 1.82) is 0 Å². The molecule has 1 unspecified atom stereocenters. The largest absolute Gasteiger partial charge is 0.383 e. The van der Waals surface area contributed by atoms with Crippen LogP contribution in [0.3, 0.4) is 0 Å². The first-order valence-electron chi connectivity index (χ1n) is 7.64. The number of anilines is 1. The second kappa shape index (κ2) is 11.3. The van der Waals surface area contributed by atoms with Crippen LogP contribution in [-0.4, -0.2) is 74.6 Å². The molecule has 142 valence electrons. The van der Waals surface area contributed by atoms with Crippen molar-refractivity contribution in [2.75, 3.05) is 52.3 Å². The van der Waals surface area contributed by atoms with Gasteiger partial charge in [-0.2, -0.15) is 0 Å². The highest BCUT2D eigenvalue weighted by atomic mass is 35.5. The van der Waals surface area contributed by atoms with Gasteiger partial charge in [-0.25, -0.2) is 0 Å². The summed E-state index contributed by atoms with van der Waals surface area (Å²) in [6.07, 6.45) is 0. The summed E-state index contributed by atoms with van der Waals surface area (Å²) >= 11 is 0. The molecule has 1 heterocycles. The Hall–Kier alpha value is -1.38. The molecule has 1 aliphatic rings. The molecule has 7 nitrogen and oxygen atoms in total. The third-order valence-electron chi connectivity index (χ3n) is 3.87. The molecule has 1 aromatic rings. The third kappa shape index (κ3) is 6.80. The predicted octanol–water partition coefficient (Wildman–Crippen LogP) is 0.830. The number of carbonyl (C=O) groups is 2. The zero-order chi connectivity index (χ0) is 16.8. The number of amides is 2. The van der Waals surface area contributed by atoms with Gasteiger partial charge < -0.3 is 25.6 Å². The Bertz CT molecular complexity index is 549. The van der Waals surface area contributed by atoms with Crippen molar-refractivity contribution in [1.82, 2.24) is 9.80 Å². The molecule has 1 saturated heterocycles. The van der Waals surface area contributed by atoms with Gasteiger partial charge in [0, 0.05) is 44.5 Å². The minimum Gasteiger partial charge on any atom is -0.383 e. The van der Waals surface area contributed by atoms with E-state index in [1.54, 1.807) is 24.3 Å². The number of ether oxygens (including phenoxy) is 1. The van der Waals surface area contributed by atoms with Gasteiger partial charge in [-0.05, 0) is 31.3 Å². The average molecular weight is 393 g/mol. The number of benzene rings is 1. The molecular formula is C16H26Cl2N4O3. The van der Waals surface area contributed by atoms with Crippen molar-refractivity contribution in [2.45, 2.75) is 6.04 Å². The standard InChI is InChI=1S/C16H24N4O3.2ClH/c1-19-7-9-20(10-8-19)16(22)12-3-5-13(6-4-12)18-15(21)14(17)11-23-2;;/h3-6,14H,7-11,17H2,1-2H3,(H,18,21);2*1H. The lowest BCUT2D eigenvalue weighted by Crippen LogP contribution is -2.47. The Morgan fingerprint density at radius 2 is 1.72 bits per heavy atom. The molecule has 0 bridgehead atoms. The van der Waals surface area contributed by atoms with Crippen molar-refractivity contribution < 1.29 is 14.3 Å². The molecule has 1 aromatic carbocycles. The number of nitrogens with one attached hydrogen (secondary N) is 1. The first kappa shape index (κ1) is 23.6. The van der Waals surface area contributed by atoms with Crippen molar-refractivity contribution in [3.8, 4) is 0 Å². The molecule has 1 atom stereocenters. The van der Waals surface area contributed by atoms with Crippen LogP contribution in [0.2, 0.25) is 0 Å². The number of methoxy groups -OCH3 is 1. The maximum Gasteiger partial charge on any atom is 0.253 e. The van der Waals surface area contributed by atoms with E-state index in [9.17, 15) is 9.59 Å². The van der Waals surface area contributed by atoms with Crippen LogP contribution < -0.4 is 11.1 Å². The fourth-order valence-corrected chi connectivity index (χ4v) is 2.38. The smallest absolute Gasteiger partial charge is 0.253 e. The van der Waals surface area contributed by atoms with E-state index in [-0.39, 0.29) is 43.2 Å². The van der Waals surface area contributed by atoms with E-state index in [0.717, 1.165) is 26.2 Å². The first-order chi connectivity index (χ1) is 11.0. The maximum absolute atomic E-state index is 12.4. The number of nitrogens with zero attached hydrogens (tertiary/aromatic N) is 2. The lowest BCUT2D eigenvalue weighted by molar-refractivity contribution is -0.118. The van der Waals surface area contributed by atoms with E-state index in [1.807, 2.05) is 11.9 Å². The maximum atomic E-state index is 12.4. The zero-order valence-corrected chi connectivity index (χ0v) is 16.1. The fraction of sp³-hybridized carbons (Fsp3) is 0.500. The van der Waals surface area contributed by atoms with E-state index >= 15 is 0 Å². The summed E-state index contributed by atoms with van der Waals surface area (Å²) in [6.45, 7) is 3.40. The lowest BCUT2D eigenvalue weighted by Gasteiger charge is -2.32. The number of halogens is 2. The monoisotopic (exact) mass is 392 g/mol. The van der Waals surface area contributed by atoms with Gasteiger partial charge in [-0.3, -0.25) is 9.59 Å². The molecule has 0 spiro atoms. The summed E-state index contributed by atoms with van der Waals surface area (Å²) in [5.74, 6) is -0.294. The van der Waals surface area contributed by atoms with Gasteiger partial charge in [0.1, 0.15) is 6.04 Å². The minimum absolute atomic E-state index is 0. The normalized spacial score (nSPS) is 15.6. The van der Waals surface area contributed by atoms with Crippen LogP contribution in [0.25, 0.3) is 0 Å². The van der Waals surface area contributed by atoms with Crippen molar-refractivity contribution in [2.24, 2.45) is 5.73 Å². The van der Waals surface area contributed by atoms with E-state index in [2.05, 4.69) is 10.2 Å². The van der Waals surface area contributed by atoms with Gasteiger partial charge in [-0.15, -0.1) is 24.8 Å². The molecular weight excluding hydrogens is 367 g/mol. The number of carbonyl (C=O) groups excluding carboxylic acids is 2. The highest BCUT2D eigenvalue weighted by molar-refractivity contribution is 5.97.